The fraction of sp³-hybridized carbons (Fsp3) is 0.576. The van der Waals surface area contributed by atoms with Gasteiger partial charge in [0.2, 0.25) is 0 Å². The molecule has 0 bridgehead atoms. The van der Waals surface area contributed by atoms with E-state index in [4.69, 9.17) is 0 Å². The predicted molar refractivity (Wildman–Crippen MR) is 158 cm³/mol. The van der Waals surface area contributed by atoms with Gasteiger partial charge in [-0.2, -0.15) is 0 Å². The average Bonchev–Trinajstić information content (AvgIpc) is 2.90. The van der Waals surface area contributed by atoms with Crippen LogP contribution in [0.2, 0.25) is 0 Å². The summed E-state index contributed by atoms with van der Waals surface area (Å²) in [5, 5.41) is 7.70. The highest BCUT2D eigenvalue weighted by Gasteiger charge is 2.23. The second kappa shape index (κ2) is 15.7. The Hall–Kier alpha value is -2.22. The number of para-hydroxylation sites is 1. The van der Waals surface area contributed by atoms with E-state index in [1.807, 2.05) is 20.8 Å². The molecule has 2 heteroatoms. The number of benzene rings is 2. The van der Waals surface area contributed by atoms with Gasteiger partial charge in [-0.25, -0.2) is 0 Å². The van der Waals surface area contributed by atoms with Gasteiger partial charge in [-0.15, -0.1) is 6.58 Å². The number of nitrogens with one attached hydrogen (secondary N) is 2. The fourth-order valence-corrected chi connectivity index (χ4v) is 5.80. The second-order valence-corrected chi connectivity index (χ2v) is 10.1. The lowest BCUT2D eigenvalue weighted by atomic mass is 9.81. The minimum Gasteiger partial charge on any atom is -0.382 e. The van der Waals surface area contributed by atoms with Gasteiger partial charge in [-0.3, -0.25) is 0 Å². The van der Waals surface area contributed by atoms with Gasteiger partial charge in [-0.1, -0.05) is 77.3 Å². The smallest absolute Gasteiger partial charge is 0.0421 e. The summed E-state index contributed by atoms with van der Waals surface area (Å²) < 4.78 is 0. The molecule has 2 unspecified atom stereocenters. The molecule has 194 valence electrons. The van der Waals surface area contributed by atoms with E-state index in [9.17, 15) is 0 Å². The number of anilines is 2. The second-order valence-electron chi connectivity index (χ2n) is 10.1. The summed E-state index contributed by atoms with van der Waals surface area (Å²) in [6.07, 6.45) is 13.9. The molecule has 0 saturated heterocycles. The summed E-state index contributed by atoms with van der Waals surface area (Å²) in [6.45, 7) is 17.1. The predicted octanol–water partition coefficient (Wildman–Crippen LogP) is 10.0. The molecule has 2 atom stereocenters. The van der Waals surface area contributed by atoms with Gasteiger partial charge in [0.05, 0.1) is 0 Å². The van der Waals surface area contributed by atoms with Crippen LogP contribution in [0.5, 0.6) is 0 Å². The highest BCUT2D eigenvalue weighted by Crippen LogP contribution is 2.36. The Morgan fingerprint density at radius 2 is 1.66 bits per heavy atom. The quantitative estimate of drug-likeness (QED) is 0.388. The highest BCUT2D eigenvalue weighted by atomic mass is 14.9. The molecule has 2 aliphatic carbocycles. The summed E-state index contributed by atoms with van der Waals surface area (Å²) in [7, 11) is 0. The van der Waals surface area contributed by atoms with E-state index < -0.39 is 0 Å². The molecule has 0 radical (unpaired) electrons. The van der Waals surface area contributed by atoms with Crippen LogP contribution in [0.15, 0.2) is 49.1 Å². The summed E-state index contributed by atoms with van der Waals surface area (Å²) in [5.41, 5.74) is 8.61. The van der Waals surface area contributed by atoms with Crippen molar-refractivity contribution < 1.29 is 0 Å². The van der Waals surface area contributed by atoms with Crippen LogP contribution in [0.3, 0.4) is 0 Å². The first-order valence-electron chi connectivity index (χ1n) is 14.4. The van der Waals surface area contributed by atoms with Crippen LogP contribution in [0, 0.1) is 12.8 Å². The van der Waals surface area contributed by atoms with Crippen molar-refractivity contribution in [2.45, 2.75) is 118 Å². The number of hydrogen-bond acceptors (Lipinski definition) is 2. The van der Waals surface area contributed by atoms with Crippen molar-refractivity contribution in [2.24, 2.45) is 5.92 Å². The van der Waals surface area contributed by atoms with Crippen LogP contribution in [0.1, 0.15) is 114 Å². The fourth-order valence-electron chi connectivity index (χ4n) is 5.80. The molecular formula is C33H52N2. The Bertz CT molecular complexity index is 879. The molecule has 4 rings (SSSR count). The Morgan fingerprint density at radius 1 is 0.971 bits per heavy atom. The van der Waals surface area contributed by atoms with Crippen molar-refractivity contribution in [2.75, 3.05) is 10.6 Å². The summed E-state index contributed by atoms with van der Waals surface area (Å²) in [5.74, 6) is 1.53. The molecule has 2 aromatic rings. The Kier molecular flexibility index (Phi) is 13.0. The number of fused-ring (bicyclic) bond motifs is 1. The third-order valence-corrected chi connectivity index (χ3v) is 7.72. The number of allylic oxidation sites excluding steroid dienone is 1. The van der Waals surface area contributed by atoms with Gasteiger partial charge < -0.3 is 10.6 Å². The highest BCUT2D eigenvalue weighted by molar-refractivity contribution is 5.60. The molecule has 2 nitrogen and oxygen atoms in total. The van der Waals surface area contributed by atoms with Crippen LogP contribution in [-0.2, 0) is 13.0 Å². The van der Waals surface area contributed by atoms with Crippen molar-refractivity contribution >= 4 is 11.4 Å². The summed E-state index contributed by atoms with van der Waals surface area (Å²) in [4.78, 5) is 0. The zero-order chi connectivity index (χ0) is 25.6. The SMILES string of the molecule is C=CC.CC.CCC(Nc1ccccc1CNc1ccc2c(c1C)CCCC2C)C1CCCCC1. The zero-order valence-corrected chi connectivity index (χ0v) is 23.6. The van der Waals surface area contributed by atoms with Gasteiger partial charge >= 0.3 is 0 Å². The van der Waals surface area contributed by atoms with Crippen molar-refractivity contribution in [3.63, 3.8) is 0 Å². The molecule has 0 heterocycles. The summed E-state index contributed by atoms with van der Waals surface area (Å²) >= 11 is 0. The maximum absolute atomic E-state index is 3.93. The van der Waals surface area contributed by atoms with Gasteiger partial charge in [0.15, 0.2) is 0 Å². The van der Waals surface area contributed by atoms with Crippen LogP contribution >= 0.6 is 0 Å². The van der Waals surface area contributed by atoms with E-state index in [0.29, 0.717) is 12.0 Å². The number of hydrogen-bond donors (Lipinski definition) is 2. The van der Waals surface area contributed by atoms with E-state index in [0.717, 1.165) is 12.5 Å². The van der Waals surface area contributed by atoms with Crippen LogP contribution in [0.4, 0.5) is 11.4 Å². The zero-order valence-electron chi connectivity index (χ0n) is 23.6. The Labute approximate surface area is 217 Å². The molecule has 0 amide bonds. The largest absolute Gasteiger partial charge is 0.382 e. The first-order valence-corrected chi connectivity index (χ1v) is 14.4. The minimum absolute atomic E-state index is 0.596. The molecular weight excluding hydrogens is 424 g/mol. The van der Waals surface area contributed by atoms with Crippen LogP contribution < -0.4 is 10.6 Å². The molecule has 0 aliphatic heterocycles. The van der Waals surface area contributed by atoms with E-state index in [2.05, 4.69) is 74.4 Å². The lowest BCUT2D eigenvalue weighted by Gasteiger charge is -2.31. The normalized spacial score (nSPS) is 18.1. The van der Waals surface area contributed by atoms with Gasteiger partial charge in [0.25, 0.3) is 0 Å². The molecule has 0 aromatic heterocycles. The van der Waals surface area contributed by atoms with Crippen molar-refractivity contribution in [1.29, 1.82) is 0 Å². The van der Waals surface area contributed by atoms with Crippen molar-refractivity contribution in [3.05, 3.63) is 71.3 Å². The summed E-state index contributed by atoms with van der Waals surface area (Å²) in [6, 6.07) is 14.2. The van der Waals surface area contributed by atoms with Gasteiger partial charge in [-0.05, 0) is 98.6 Å². The molecule has 2 N–H and O–H groups in total. The van der Waals surface area contributed by atoms with Crippen molar-refractivity contribution in [3.8, 4) is 0 Å². The van der Waals surface area contributed by atoms with Crippen LogP contribution in [0.25, 0.3) is 0 Å². The molecule has 0 spiro atoms. The third kappa shape index (κ3) is 8.16. The molecule has 1 fully saturated rings. The lowest BCUT2D eigenvalue weighted by Crippen LogP contribution is -2.30. The Balaban J connectivity index is 0.000000803. The van der Waals surface area contributed by atoms with E-state index >= 15 is 0 Å². The molecule has 1 saturated carbocycles. The van der Waals surface area contributed by atoms with E-state index in [-0.39, 0.29) is 0 Å². The van der Waals surface area contributed by atoms with E-state index in [1.165, 1.54) is 80.3 Å². The van der Waals surface area contributed by atoms with Gasteiger partial charge in [0, 0.05) is 24.0 Å². The molecule has 35 heavy (non-hydrogen) atoms. The lowest BCUT2D eigenvalue weighted by molar-refractivity contribution is 0.313. The average molecular weight is 477 g/mol. The maximum atomic E-state index is 3.93. The van der Waals surface area contributed by atoms with Gasteiger partial charge in [0.1, 0.15) is 0 Å². The first kappa shape index (κ1) is 29.0. The van der Waals surface area contributed by atoms with Crippen LogP contribution in [-0.4, -0.2) is 6.04 Å². The topological polar surface area (TPSA) is 24.1 Å². The minimum atomic E-state index is 0.596. The molecule has 2 aromatic carbocycles. The van der Waals surface area contributed by atoms with Crippen molar-refractivity contribution in [1.82, 2.24) is 0 Å². The Morgan fingerprint density at radius 3 is 2.34 bits per heavy atom. The third-order valence-electron chi connectivity index (χ3n) is 7.72. The standard InChI is InChI=1S/C28H40N2.C3H6.C2H6/c1-4-26(22-12-6-5-7-13-22)30-28-16-9-8-14-23(28)19-29-27-18-17-24-20(2)11-10-15-25(24)21(27)3;1-3-2;1-2/h8-9,14,16-18,20,22,26,29-30H,4-7,10-13,15,19H2,1-3H3;3H,1H2,2H3;1-2H3. The maximum Gasteiger partial charge on any atom is 0.0421 e. The first-order chi connectivity index (χ1) is 17.1. The van der Waals surface area contributed by atoms with E-state index in [1.54, 1.807) is 17.2 Å². The number of rotatable bonds is 7. The molecule has 2 aliphatic rings. The monoisotopic (exact) mass is 476 g/mol.